The maximum absolute atomic E-state index is 17.0. The van der Waals surface area contributed by atoms with Gasteiger partial charge in [0.05, 0.1) is 43.6 Å². The average Bonchev–Trinajstić information content (AvgIpc) is 3.80. The van der Waals surface area contributed by atoms with Gasteiger partial charge in [-0.3, -0.25) is 24.5 Å². The van der Waals surface area contributed by atoms with Crippen LogP contribution < -0.4 is 16.0 Å². The van der Waals surface area contributed by atoms with Crippen LogP contribution in [0.15, 0.2) is 23.4 Å². The van der Waals surface area contributed by atoms with Crippen molar-refractivity contribution < 1.29 is 64.2 Å². The number of amides is 6. The normalized spacial score (nSPS) is 16.6. The third kappa shape index (κ3) is 13.1. The number of halogens is 2. The van der Waals surface area contributed by atoms with Crippen LogP contribution in [0, 0.1) is 0 Å². The van der Waals surface area contributed by atoms with Crippen molar-refractivity contribution in [3.63, 3.8) is 0 Å². The maximum atomic E-state index is 17.0. The monoisotopic (exact) mass is 865 g/mol. The number of fused-ring (bicyclic) bond motifs is 2. The van der Waals surface area contributed by atoms with Gasteiger partial charge in [-0.1, -0.05) is 26.7 Å². The van der Waals surface area contributed by atoms with Crippen LogP contribution in [0.4, 0.5) is 13.4 Å². The zero-order chi connectivity index (χ0) is 44.4. The second-order valence-electron chi connectivity index (χ2n) is 16.5. The molecule has 1 atom stereocenters. The second kappa shape index (κ2) is 20.7. The van der Waals surface area contributed by atoms with Crippen molar-refractivity contribution in [1.29, 1.82) is 0 Å². The Bertz CT molecular complexity index is 2030. The molecule has 17 nitrogen and oxygen atoms in total. The van der Waals surface area contributed by atoms with Gasteiger partial charge in [-0.05, 0) is 62.3 Å². The summed E-state index contributed by atoms with van der Waals surface area (Å²) in [5, 5.41) is 6.77. The first-order valence-corrected chi connectivity index (χ1v) is 22.2. The molecule has 3 aliphatic heterocycles. The molecule has 0 spiro atoms. The Morgan fingerprint density at radius 1 is 0.933 bits per heavy atom. The molecule has 4 heterocycles. The van der Waals surface area contributed by atoms with E-state index in [-0.39, 0.29) is 50.8 Å². The predicted molar refractivity (Wildman–Crippen MR) is 217 cm³/mol. The van der Waals surface area contributed by atoms with Crippen LogP contribution >= 0.6 is 0 Å². The Morgan fingerprint density at radius 2 is 1.60 bits per heavy atom. The molecule has 4 rings (SSSR count). The van der Waals surface area contributed by atoms with E-state index in [9.17, 15) is 41.7 Å². The van der Waals surface area contributed by atoms with Gasteiger partial charge < -0.3 is 42.1 Å². The third-order valence-electron chi connectivity index (χ3n) is 10.4. The molecule has 1 fully saturated rings. The molecule has 21 heteroatoms. The number of carbonyl (C=O) groups excluding carboxylic acids is 6. The quantitative estimate of drug-likeness (QED) is 0.0481. The summed E-state index contributed by atoms with van der Waals surface area (Å²) in [5.74, 6) is -5.43. The van der Waals surface area contributed by atoms with E-state index in [4.69, 9.17) is 4.84 Å². The zero-order valence-electron chi connectivity index (χ0n) is 35.2. The van der Waals surface area contributed by atoms with Gasteiger partial charge in [0, 0.05) is 68.5 Å². The number of aromatic nitrogens is 1. The molecule has 1 aromatic heterocycles. The van der Waals surface area contributed by atoms with E-state index in [0.29, 0.717) is 52.3 Å². The van der Waals surface area contributed by atoms with E-state index in [2.05, 4.69) is 33.4 Å². The molecule has 1 aromatic rings. The maximum Gasteiger partial charge on any atom is 0.737 e. The lowest BCUT2D eigenvalue weighted by Crippen LogP contribution is -2.54. The van der Waals surface area contributed by atoms with E-state index in [1.807, 2.05) is 29.7 Å². The second-order valence-corrected chi connectivity index (χ2v) is 17.9. The predicted octanol–water partition coefficient (Wildman–Crippen LogP) is 3.04. The number of carbonyl (C=O) groups is 6. The van der Waals surface area contributed by atoms with Gasteiger partial charge in [0.2, 0.25) is 11.8 Å². The van der Waals surface area contributed by atoms with E-state index in [1.165, 1.54) is 4.48 Å². The number of hydrogen-bond acceptors (Lipinski definition) is 10. The van der Waals surface area contributed by atoms with E-state index >= 15 is 8.63 Å². The molecule has 0 aliphatic carbocycles. The summed E-state index contributed by atoms with van der Waals surface area (Å²) in [6, 6.07) is -1.27. The lowest BCUT2D eigenvalue weighted by Gasteiger charge is -2.32. The Morgan fingerprint density at radius 3 is 2.23 bits per heavy atom. The molecule has 1 saturated heterocycles. The Kier molecular flexibility index (Phi) is 16.5. The summed E-state index contributed by atoms with van der Waals surface area (Å²) >= 11 is 0. The molecule has 0 radical (unpaired) electrons. The summed E-state index contributed by atoms with van der Waals surface area (Å²) in [4.78, 5) is 78.6. The van der Waals surface area contributed by atoms with E-state index < -0.39 is 70.9 Å². The number of rotatable bonds is 23. The summed E-state index contributed by atoms with van der Waals surface area (Å²) in [5.41, 5.74) is 3.27. The first-order chi connectivity index (χ1) is 28.1. The van der Waals surface area contributed by atoms with Gasteiger partial charge in [-0.15, -0.1) is 5.06 Å². The number of nitrogens with zero attached hydrogens (tertiary/aromatic N) is 4. The molecule has 1 unspecified atom stereocenters. The van der Waals surface area contributed by atoms with Gasteiger partial charge in [0.1, 0.15) is 11.8 Å². The largest absolute Gasteiger partial charge is 0.748 e. The summed E-state index contributed by atoms with van der Waals surface area (Å²) in [6.07, 6.45) is 8.61. The molecular weight excluding hydrogens is 807 g/mol. The van der Waals surface area contributed by atoms with Crippen LogP contribution in [0.3, 0.4) is 0 Å². The fourth-order valence-electron chi connectivity index (χ4n) is 7.41. The number of imide groups is 2. The number of quaternary nitrogens is 1. The molecular formula is C39H58BF2N7O10S. The standard InChI is InChI=1S/C39H58BF2N7O10S/c1-6-8-13-27-23-29(15-12-22-49(3,4)5)46-32(27)25-33-28(14-9-7-2)24-30(47(33)40(46,41)42)17-18-34(50)45-39(55)44-31(26-60(56,57)58)38(54)43-21-11-10-16-37(53)59-48-35(51)19-20-36(48)52/h23-25,31H,6-22,26H2,1-5H3,(H3-,43,44,45,50,54,55,56,57,58). The first kappa shape index (κ1) is 47.9. The zero-order valence-corrected chi connectivity index (χ0v) is 36.0. The molecule has 0 saturated carbocycles. The lowest BCUT2D eigenvalue weighted by molar-refractivity contribution is -0.870. The summed E-state index contributed by atoms with van der Waals surface area (Å²) in [7, 11) is 1.10. The molecule has 3 N–H and O–H groups in total. The van der Waals surface area contributed by atoms with E-state index in [1.54, 1.807) is 6.08 Å². The molecule has 60 heavy (non-hydrogen) atoms. The molecule has 332 valence electrons. The number of hydroxylamine groups is 2. The molecule has 0 bridgehead atoms. The fourth-order valence-corrected chi connectivity index (χ4v) is 8.06. The van der Waals surface area contributed by atoms with E-state index in [0.717, 1.165) is 47.9 Å². The number of nitrogens with one attached hydrogen (secondary N) is 3. The smallest absolute Gasteiger partial charge is 0.737 e. The lowest BCUT2D eigenvalue weighted by atomic mass is 9.88. The van der Waals surface area contributed by atoms with Crippen LogP contribution in [0.2, 0.25) is 0 Å². The highest BCUT2D eigenvalue weighted by Gasteiger charge is 2.54. The van der Waals surface area contributed by atoms with Gasteiger partial charge in [0.25, 0.3) is 11.8 Å². The van der Waals surface area contributed by atoms with Crippen molar-refractivity contribution in [2.45, 2.75) is 116 Å². The highest BCUT2D eigenvalue weighted by Crippen LogP contribution is 2.40. The highest BCUT2D eigenvalue weighted by atomic mass is 32.2. The summed E-state index contributed by atoms with van der Waals surface area (Å²) < 4.78 is 71.7. The average molecular weight is 866 g/mol. The van der Waals surface area contributed by atoms with Crippen LogP contribution in [0.1, 0.15) is 114 Å². The van der Waals surface area contributed by atoms with Crippen LogP contribution in [0.5, 0.6) is 0 Å². The van der Waals surface area contributed by atoms with Crippen molar-refractivity contribution >= 4 is 64.5 Å². The minimum Gasteiger partial charge on any atom is -0.748 e. The SMILES string of the molecule is CCCCC1=CC(CCC(=O)NC(=O)NC(CS(=O)(=O)[O-])C(=O)NCCCCC(=O)ON2C(=O)CCC2=O)=[N+]2C1=Cc1c(CCCC)cc(CCC[N+](C)(C)C)n1[B-]2(F)F. The molecule has 6 amide bonds. The van der Waals surface area contributed by atoms with Gasteiger partial charge in [-0.2, -0.15) is 0 Å². The van der Waals surface area contributed by atoms with Crippen molar-refractivity contribution in [3.05, 3.63) is 40.4 Å². The van der Waals surface area contributed by atoms with Gasteiger partial charge in [-0.25, -0.2) is 18.0 Å². The van der Waals surface area contributed by atoms with Crippen LogP contribution in [0.25, 0.3) is 6.08 Å². The minimum absolute atomic E-state index is 0.0658. The van der Waals surface area contributed by atoms with Crippen molar-refractivity contribution in [3.8, 4) is 0 Å². The van der Waals surface area contributed by atoms with Crippen LogP contribution in [-0.2, 0) is 51.8 Å². The Balaban J connectivity index is 1.41. The molecule has 3 aliphatic rings. The number of hydrogen-bond donors (Lipinski definition) is 3. The van der Waals surface area contributed by atoms with Crippen LogP contribution in [-0.4, -0.2) is 126 Å². The number of aryl methyl sites for hydroxylation is 2. The van der Waals surface area contributed by atoms with Crippen molar-refractivity contribution in [2.24, 2.45) is 0 Å². The Hall–Kier alpha value is -4.76. The number of unbranched alkanes of at least 4 members (excludes halogenated alkanes) is 3. The summed E-state index contributed by atoms with van der Waals surface area (Å²) in [6.45, 7) is 0.355. The number of allylic oxidation sites excluding steroid dienone is 2. The first-order valence-electron chi connectivity index (χ1n) is 20.7. The Labute approximate surface area is 350 Å². The fraction of sp³-hybridized carbons (Fsp3) is 0.615. The topological polar surface area (TPSA) is 216 Å². The molecule has 0 aromatic carbocycles. The number of urea groups is 1. The van der Waals surface area contributed by atoms with Gasteiger partial charge in [0.15, 0.2) is 5.70 Å². The van der Waals surface area contributed by atoms with Crippen molar-refractivity contribution in [1.82, 2.24) is 25.5 Å². The highest BCUT2D eigenvalue weighted by molar-refractivity contribution is 7.85. The third-order valence-corrected chi connectivity index (χ3v) is 11.1. The van der Waals surface area contributed by atoms with Gasteiger partial charge >= 0.3 is 19.0 Å². The van der Waals surface area contributed by atoms with Crippen molar-refractivity contribution in [2.75, 3.05) is 40.0 Å². The minimum atomic E-state index is -5.06.